The summed E-state index contributed by atoms with van der Waals surface area (Å²) in [6.07, 6.45) is -1.46. The molecule has 2 heterocycles. The van der Waals surface area contributed by atoms with Crippen molar-refractivity contribution in [1.82, 2.24) is 0 Å². The lowest BCUT2D eigenvalue weighted by Crippen LogP contribution is -2.34. The molecule has 0 N–H and O–H groups in total. The van der Waals surface area contributed by atoms with Crippen LogP contribution in [0.2, 0.25) is 0 Å². The molecular weight excluding hydrogens is 709 g/mol. The van der Waals surface area contributed by atoms with Gasteiger partial charge in [-0.2, -0.15) is 0 Å². The van der Waals surface area contributed by atoms with Crippen LogP contribution in [-0.4, -0.2) is 62.4 Å². The molecule has 2 fully saturated rings. The maximum Gasteiger partial charge on any atom is 0.164 e. The Morgan fingerprint density at radius 3 is 1.09 bits per heavy atom. The molecule has 9 nitrogen and oxygen atoms in total. The summed E-state index contributed by atoms with van der Waals surface area (Å²) in [4.78, 5) is 0. The molecule has 0 aromatic heterocycles. The second-order valence-corrected chi connectivity index (χ2v) is 17.6. The molecule has 9 heteroatoms. The zero-order valence-corrected chi connectivity index (χ0v) is 34.8. The molecule has 2 aliphatic rings. The molecule has 0 spiro atoms. The van der Waals surface area contributed by atoms with Crippen LogP contribution < -0.4 is 23.7 Å². The van der Waals surface area contributed by atoms with Gasteiger partial charge in [-0.25, -0.2) is 0 Å². The maximum absolute atomic E-state index is 6.40. The SMILES string of the molecule is CC1(C)O[C@@H](COc2ccc(C(C)(C)C)cc2)[C@H](COc2cc(OCc3ccccc3)cc(OC[C@H]3OC(C)(C)O[C@@H]3COc3ccc(C(C)(C)C)cc3)c2)O1. The number of hydrogen-bond acceptors (Lipinski definition) is 9. The molecule has 6 rings (SSSR count). The summed E-state index contributed by atoms with van der Waals surface area (Å²) in [5, 5.41) is 0. The Kier molecular flexibility index (Phi) is 12.6. The van der Waals surface area contributed by atoms with Crippen molar-refractivity contribution in [2.24, 2.45) is 0 Å². The molecule has 4 atom stereocenters. The first-order chi connectivity index (χ1) is 26.4. The summed E-state index contributed by atoms with van der Waals surface area (Å²) >= 11 is 0. The van der Waals surface area contributed by atoms with Gasteiger partial charge in [-0.3, -0.25) is 0 Å². The molecule has 2 aliphatic heterocycles. The van der Waals surface area contributed by atoms with E-state index < -0.39 is 11.6 Å². The Labute approximate surface area is 333 Å². The standard InChI is InChI=1S/C47H60O9/c1-44(2,3)33-16-20-35(21-17-33)49-28-40-42(55-46(7,8)53-40)30-51-38-24-37(48-27-32-14-12-11-13-15-32)25-39(26-38)52-31-43-41(54-47(9,10)56-43)29-50-36-22-18-34(19-23-36)45(4,5)6/h11-26,40-43H,27-31H2,1-10H3/t40-,41+,42-,43+. The van der Waals surface area contributed by atoms with E-state index in [0.29, 0.717) is 37.1 Å². The molecule has 0 radical (unpaired) electrons. The van der Waals surface area contributed by atoms with Gasteiger partial charge >= 0.3 is 0 Å². The first kappa shape index (κ1) is 41.4. The summed E-state index contributed by atoms with van der Waals surface area (Å²) in [5.41, 5.74) is 3.67. The van der Waals surface area contributed by atoms with Crippen LogP contribution in [0.4, 0.5) is 0 Å². The normalized spacial score (nSPS) is 21.8. The number of ether oxygens (including phenoxy) is 9. The minimum Gasteiger partial charge on any atom is -0.491 e. The smallest absolute Gasteiger partial charge is 0.164 e. The Morgan fingerprint density at radius 2 is 0.750 bits per heavy atom. The molecule has 0 saturated carbocycles. The highest BCUT2D eigenvalue weighted by Gasteiger charge is 2.43. The van der Waals surface area contributed by atoms with Crippen LogP contribution in [0.25, 0.3) is 0 Å². The van der Waals surface area contributed by atoms with Crippen molar-refractivity contribution < 1.29 is 42.6 Å². The molecule has 4 aromatic rings. The quantitative estimate of drug-likeness (QED) is 0.117. The van der Waals surface area contributed by atoms with Crippen LogP contribution in [0.15, 0.2) is 97.1 Å². The number of rotatable bonds is 15. The van der Waals surface area contributed by atoms with E-state index in [1.54, 1.807) is 0 Å². The highest BCUT2D eigenvalue weighted by atomic mass is 16.8. The van der Waals surface area contributed by atoms with E-state index in [0.717, 1.165) is 17.1 Å². The molecule has 2 saturated heterocycles. The minimum atomic E-state index is -0.791. The van der Waals surface area contributed by atoms with Gasteiger partial charge in [-0.1, -0.05) is 96.1 Å². The lowest BCUT2D eigenvalue weighted by atomic mass is 9.87. The number of hydrogen-bond donors (Lipinski definition) is 0. The van der Waals surface area contributed by atoms with Crippen molar-refractivity contribution >= 4 is 0 Å². The van der Waals surface area contributed by atoms with Crippen molar-refractivity contribution in [3.63, 3.8) is 0 Å². The van der Waals surface area contributed by atoms with Gasteiger partial charge in [0.15, 0.2) is 11.6 Å². The largest absolute Gasteiger partial charge is 0.491 e. The average molecular weight is 769 g/mol. The van der Waals surface area contributed by atoms with Crippen LogP contribution in [0, 0.1) is 0 Å². The first-order valence-electron chi connectivity index (χ1n) is 19.7. The van der Waals surface area contributed by atoms with Crippen LogP contribution in [0.5, 0.6) is 28.7 Å². The predicted octanol–water partition coefficient (Wildman–Crippen LogP) is 9.82. The topological polar surface area (TPSA) is 83.1 Å². The van der Waals surface area contributed by atoms with Gasteiger partial charge < -0.3 is 42.6 Å². The highest BCUT2D eigenvalue weighted by molar-refractivity contribution is 5.42. The lowest BCUT2D eigenvalue weighted by molar-refractivity contribution is -0.150. The molecule has 0 amide bonds. The zero-order valence-electron chi connectivity index (χ0n) is 34.8. The summed E-state index contributed by atoms with van der Waals surface area (Å²) < 4.78 is 56.5. The fourth-order valence-corrected chi connectivity index (χ4v) is 6.73. The summed E-state index contributed by atoms with van der Waals surface area (Å²) in [6, 6.07) is 32.0. The van der Waals surface area contributed by atoms with Crippen LogP contribution in [0.3, 0.4) is 0 Å². The van der Waals surface area contributed by atoms with Gasteiger partial charge in [0, 0.05) is 18.2 Å². The van der Waals surface area contributed by atoms with Crippen molar-refractivity contribution in [3.8, 4) is 28.7 Å². The molecule has 0 bridgehead atoms. The fourth-order valence-electron chi connectivity index (χ4n) is 6.73. The highest BCUT2D eigenvalue weighted by Crippen LogP contribution is 2.35. The molecule has 56 heavy (non-hydrogen) atoms. The summed E-state index contributed by atoms with van der Waals surface area (Å²) in [7, 11) is 0. The second-order valence-electron chi connectivity index (χ2n) is 17.6. The Hall–Kier alpha value is -4.28. The van der Waals surface area contributed by atoms with E-state index in [1.165, 1.54) is 11.1 Å². The molecular formula is C47H60O9. The Balaban J connectivity index is 1.12. The van der Waals surface area contributed by atoms with Crippen LogP contribution in [0.1, 0.15) is 85.9 Å². The summed E-state index contributed by atoms with van der Waals surface area (Å²) in [6.45, 7) is 22.2. The van der Waals surface area contributed by atoms with Crippen LogP contribution >= 0.6 is 0 Å². The Bertz CT molecular complexity index is 1730. The minimum absolute atomic E-state index is 0.0644. The lowest BCUT2D eigenvalue weighted by Gasteiger charge is -2.21. The van der Waals surface area contributed by atoms with E-state index in [2.05, 4.69) is 65.8 Å². The third-order valence-electron chi connectivity index (χ3n) is 9.77. The van der Waals surface area contributed by atoms with Gasteiger partial charge in [0.05, 0.1) is 0 Å². The van der Waals surface area contributed by atoms with Crippen molar-refractivity contribution in [2.45, 2.75) is 123 Å². The molecule has 4 aromatic carbocycles. The second kappa shape index (κ2) is 17.1. The van der Waals surface area contributed by atoms with Gasteiger partial charge in [0.25, 0.3) is 0 Å². The maximum atomic E-state index is 6.40. The monoisotopic (exact) mass is 768 g/mol. The van der Waals surface area contributed by atoms with E-state index in [4.69, 9.17) is 42.6 Å². The average Bonchev–Trinajstić information content (AvgIpc) is 3.62. The van der Waals surface area contributed by atoms with Crippen LogP contribution in [-0.2, 0) is 36.4 Å². The third kappa shape index (κ3) is 11.6. The summed E-state index contributed by atoms with van der Waals surface area (Å²) in [5.74, 6) is 1.71. The van der Waals surface area contributed by atoms with Crippen molar-refractivity contribution in [1.29, 1.82) is 0 Å². The zero-order chi connectivity index (χ0) is 40.1. The fraction of sp³-hybridized carbons (Fsp3) is 0.489. The molecule has 0 unspecified atom stereocenters. The predicted molar refractivity (Wildman–Crippen MR) is 217 cm³/mol. The third-order valence-corrected chi connectivity index (χ3v) is 9.77. The van der Waals surface area contributed by atoms with Gasteiger partial charge in [0.1, 0.15) is 86.2 Å². The van der Waals surface area contributed by atoms with E-state index in [-0.39, 0.29) is 48.5 Å². The van der Waals surface area contributed by atoms with Gasteiger partial charge in [0.2, 0.25) is 0 Å². The van der Waals surface area contributed by atoms with E-state index >= 15 is 0 Å². The number of benzene rings is 4. The van der Waals surface area contributed by atoms with Crippen molar-refractivity contribution in [3.05, 3.63) is 114 Å². The van der Waals surface area contributed by atoms with Gasteiger partial charge in [-0.15, -0.1) is 0 Å². The van der Waals surface area contributed by atoms with E-state index in [9.17, 15) is 0 Å². The first-order valence-corrected chi connectivity index (χ1v) is 19.7. The van der Waals surface area contributed by atoms with Crippen molar-refractivity contribution in [2.75, 3.05) is 26.4 Å². The Morgan fingerprint density at radius 1 is 0.429 bits per heavy atom. The molecule has 0 aliphatic carbocycles. The van der Waals surface area contributed by atoms with Gasteiger partial charge in [-0.05, 0) is 79.5 Å². The molecule has 302 valence electrons. The van der Waals surface area contributed by atoms with E-state index in [1.807, 2.05) is 100 Å².